The molecule has 0 aliphatic rings. The Labute approximate surface area is 133 Å². The van der Waals surface area contributed by atoms with E-state index in [1.165, 1.54) is 0 Å². The van der Waals surface area contributed by atoms with Crippen LogP contribution in [0.3, 0.4) is 0 Å². The van der Waals surface area contributed by atoms with Crippen LogP contribution in [0.1, 0.15) is 33.5 Å². The van der Waals surface area contributed by atoms with E-state index in [1.54, 1.807) is 29.5 Å². The number of hydrogen-bond acceptors (Lipinski definition) is 4. The molecule has 0 aliphatic carbocycles. The maximum absolute atomic E-state index is 11.8. The summed E-state index contributed by atoms with van der Waals surface area (Å²) in [5.74, 6) is -1.01. The van der Waals surface area contributed by atoms with Gasteiger partial charge in [-0.25, -0.2) is 9.78 Å². The maximum atomic E-state index is 11.8. The van der Waals surface area contributed by atoms with Gasteiger partial charge in [-0.15, -0.1) is 11.3 Å². The van der Waals surface area contributed by atoms with Crippen molar-refractivity contribution >= 4 is 23.2 Å². The third kappa shape index (κ3) is 4.66. The predicted octanol–water partition coefficient (Wildman–Crippen LogP) is 2.31. The van der Waals surface area contributed by atoms with Gasteiger partial charge in [-0.3, -0.25) is 4.79 Å². The van der Waals surface area contributed by atoms with E-state index in [4.69, 9.17) is 5.11 Å². The van der Waals surface area contributed by atoms with Crippen LogP contribution in [0.15, 0.2) is 29.6 Å². The number of amides is 1. The largest absolute Gasteiger partial charge is 0.478 e. The number of rotatable bonds is 7. The van der Waals surface area contributed by atoms with Crippen molar-refractivity contribution in [1.29, 1.82) is 0 Å². The summed E-state index contributed by atoms with van der Waals surface area (Å²) in [7, 11) is 0. The van der Waals surface area contributed by atoms with Gasteiger partial charge in [-0.2, -0.15) is 0 Å². The zero-order valence-corrected chi connectivity index (χ0v) is 13.2. The Kier molecular flexibility index (Phi) is 5.66. The molecule has 1 heterocycles. The van der Waals surface area contributed by atoms with Crippen molar-refractivity contribution in [2.45, 2.75) is 26.2 Å². The highest BCUT2D eigenvalue weighted by Crippen LogP contribution is 2.10. The first-order valence-corrected chi connectivity index (χ1v) is 7.98. The second-order valence-electron chi connectivity index (χ2n) is 4.87. The first-order chi connectivity index (χ1) is 10.6. The van der Waals surface area contributed by atoms with E-state index in [1.807, 2.05) is 18.4 Å². The van der Waals surface area contributed by atoms with Crippen molar-refractivity contribution in [2.75, 3.05) is 6.54 Å². The lowest BCUT2D eigenvalue weighted by Crippen LogP contribution is -2.27. The van der Waals surface area contributed by atoms with Crippen molar-refractivity contribution in [2.24, 2.45) is 0 Å². The summed E-state index contributed by atoms with van der Waals surface area (Å²) >= 11 is 1.57. The number of carbonyl (C=O) groups excluding carboxylic acids is 1. The van der Waals surface area contributed by atoms with Crippen LogP contribution in [-0.4, -0.2) is 28.5 Å². The number of hydrogen-bond donors (Lipinski definition) is 2. The summed E-state index contributed by atoms with van der Waals surface area (Å²) < 4.78 is 0. The highest BCUT2D eigenvalue weighted by Gasteiger charge is 2.07. The topological polar surface area (TPSA) is 79.3 Å². The zero-order chi connectivity index (χ0) is 15.9. The smallest absolute Gasteiger partial charge is 0.335 e. The van der Waals surface area contributed by atoms with E-state index < -0.39 is 5.97 Å². The van der Waals surface area contributed by atoms with E-state index in [2.05, 4.69) is 10.3 Å². The van der Waals surface area contributed by atoms with Gasteiger partial charge in [-0.1, -0.05) is 19.1 Å². The molecule has 2 rings (SSSR count). The molecule has 6 heteroatoms. The Hall–Kier alpha value is -2.21. The van der Waals surface area contributed by atoms with E-state index in [0.717, 1.165) is 22.7 Å². The third-order valence-electron chi connectivity index (χ3n) is 3.15. The van der Waals surface area contributed by atoms with Crippen molar-refractivity contribution in [3.05, 3.63) is 51.5 Å². The molecular weight excluding hydrogens is 300 g/mol. The van der Waals surface area contributed by atoms with Crippen LogP contribution in [-0.2, 0) is 24.1 Å². The fourth-order valence-corrected chi connectivity index (χ4v) is 2.77. The van der Waals surface area contributed by atoms with Gasteiger partial charge in [0.05, 0.1) is 22.7 Å². The maximum Gasteiger partial charge on any atom is 0.335 e. The molecule has 5 nitrogen and oxygen atoms in total. The van der Waals surface area contributed by atoms with Crippen molar-refractivity contribution in [1.82, 2.24) is 10.3 Å². The van der Waals surface area contributed by atoms with E-state index in [0.29, 0.717) is 13.0 Å². The molecule has 0 spiro atoms. The molecule has 1 aromatic heterocycles. The minimum Gasteiger partial charge on any atom is -0.478 e. The molecule has 1 amide bonds. The van der Waals surface area contributed by atoms with Gasteiger partial charge >= 0.3 is 5.97 Å². The molecule has 2 aromatic rings. The number of nitrogens with one attached hydrogen (secondary N) is 1. The molecule has 0 bridgehead atoms. The van der Waals surface area contributed by atoms with Crippen LogP contribution in [0.4, 0.5) is 0 Å². The molecular formula is C16H18N2O3S. The van der Waals surface area contributed by atoms with E-state index >= 15 is 0 Å². The van der Waals surface area contributed by atoms with Crippen molar-refractivity contribution < 1.29 is 14.7 Å². The number of carboxylic acid groups (broad SMARTS) is 1. The third-order valence-corrected chi connectivity index (χ3v) is 4.20. The Bertz CT molecular complexity index is 667. The first-order valence-electron chi connectivity index (χ1n) is 7.10. The van der Waals surface area contributed by atoms with Gasteiger partial charge in [-0.05, 0) is 30.5 Å². The highest BCUT2D eigenvalue weighted by molar-refractivity contribution is 7.09. The zero-order valence-electron chi connectivity index (χ0n) is 12.3. The van der Waals surface area contributed by atoms with Crippen LogP contribution in [0, 0.1) is 0 Å². The monoisotopic (exact) mass is 318 g/mol. The second kappa shape index (κ2) is 7.70. The van der Waals surface area contributed by atoms with Gasteiger partial charge in [0.2, 0.25) is 5.91 Å². The summed E-state index contributed by atoms with van der Waals surface area (Å²) in [5.41, 5.74) is 1.95. The highest BCUT2D eigenvalue weighted by atomic mass is 32.1. The molecule has 0 radical (unpaired) electrons. The summed E-state index contributed by atoms with van der Waals surface area (Å²) in [5, 5.41) is 14.7. The molecule has 2 N–H and O–H groups in total. The van der Waals surface area contributed by atoms with Crippen LogP contribution >= 0.6 is 11.3 Å². The Morgan fingerprint density at radius 2 is 2.18 bits per heavy atom. The molecule has 0 fully saturated rings. The van der Waals surface area contributed by atoms with Crippen molar-refractivity contribution in [3.63, 3.8) is 0 Å². The quantitative estimate of drug-likeness (QED) is 0.821. The number of benzene rings is 1. The molecule has 0 atom stereocenters. The van der Waals surface area contributed by atoms with Gasteiger partial charge in [0, 0.05) is 11.9 Å². The fourth-order valence-electron chi connectivity index (χ4n) is 2.03. The standard InChI is InChI=1S/C16H18N2O3S/c1-2-15-18-13(10-22-15)9-14(19)17-7-6-11-4-3-5-12(8-11)16(20)21/h3-5,8,10H,2,6-7,9H2,1H3,(H,17,19)(H,20,21). The average Bonchev–Trinajstić information content (AvgIpc) is 2.95. The summed E-state index contributed by atoms with van der Waals surface area (Å²) in [4.78, 5) is 27.1. The number of thiazole rings is 1. The molecule has 0 saturated carbocycles. The van der Waals surface area contributed by atoms with Crippen LogP contribution in [0.25, 0.3) is 0 Å². The summed E-state index contributed by atoms with van der Waals surface area (Å²) in [6.45, 7) is 2.51. The number of aryl methyl sites for hydroxylation is 1. The van der Waals surface area contributed by atoms with Gasteiger partial charge in [0.25, 0.3) is 0 Å². The molecule has 0 aliphatic heterocycles. The molecule has 1 aromatic carbocycles. The summed E-state index contributed by atoms with van der Waals surface area (Å²) in [6, 6.07) is 6.75. The number of carbonyl (C=O) groups is 2. The average molecular weight is 318 g/mol. The first kappa shape index (κ1) is 16.2. The van der Waals surface area contributed by atoms with Gasteiger partial charge in [0.1, 0.15) is 0 Å². The predicted molar refractivity (Wildman–Crippen MR) is 85.3 cm³/mol. The van der Waals surface area contributed by atoms with Crippen molar-refractivity contribution in [3.8, 4) is 0 Å². The lowest BCUT2D eigenvalue weighted by molar-refractivity contribution is -0.120. The SMILES string of the molecule is CCc1nc(CC(=O)NCCc2cccc(C(=O)O)c2)cs1. The molecule has 116 valence electrons. The molecule has 22 heavy (non-hydrogen) atoms. The van der Waals surface area contributed by atoms with E-state index in [-0.39, 0.29) is 17.9 Å². The minimum absolute atomic E-state index is 0.0673. The normalized spacial score (nSPS) is 10.4. The number of aromatic carboxylic acids is 1. The number of aromatic nitrogens is 1. The van der Waals surface area contributed by atoms with Gasteiger partial charge < -0.3 is 10.4 Å². The minimum atomic E-state index is -0.943. The molecule has 0 unspecified atom stereocenters. The van der Waals surface area contributed by atoms with Crippen LogP contribution in [0.2, 0.25) is 0 Å². The lowest BCUT2D eigenvalue weighted by atomic mass is 10.1. The number of carboxylic acids is 1. The Balaban J connectivity index is 1.79. The van der Waals surface area contributed by atoms with Crippen LogP contribution < -0.4 is 5.32 Å². The van der Waals surface area contributed by atoms with Gasteiger partial charge in [0.15, 0.2) is 0 Å². The second-order valence-corrected chi connectivity index (χ2v) is 5.81. The lowest BCUT2D eigenvalue weighted by Gasteiger charge is -2.05. The van der Waals surface area contributed by atoms with Crippen LogP contribution in [0.5, 0.6) is 0 Å². The molecule has 0 saturated heterocycles. The fraction of sp³-hybridized carbons (Fsp3) is 0.312. The number of nitrogens with zero attached hydrogens (tertiary/aromatic N) is 1. The summed E-state index contributed by atoms with van der Waals surface area (Å²) in [6.07, 6.45) is 1.77. The Morgan fingerprint density at radius 1 is 1.36 bits per heavy atom. The Morgan fingerprint density at radius 3 is 2.86 bits per heavy atom. The van der Waals surface area contributed by atoms with E-state index in [9.17, 15) is 9.59 Å².